The van der Waals surface area contributed by atoms with Gasteiger partial charge in [-0.1, -0.05) is 40.5 Å². The summed E-state index contributed by atoms with van der Waals surface area (Å²) >= 11 is 0. The van der Waals surface area contributed by atoms with Gasteiger partial charge in [-0.2, -0.15) is 0 Å². The molecule has 3 heteroatoms. The molecule has 0 amide bonds. The predicted molar refractivity (Wildman–Crippen MR) is 68.7 cm³/mol. The first-order chi connectivity index (χ1) is 7.13. The Kier molecular flexibility index (Phi) is 8.38. The van der Waals surface area contributed by atoms with Crippen LogP contribution in [0.3, 0.4) is 0 Å². The molecule has 0 spiro atoms. The Balaban J connectivity index is 4.33. The summed E-state index contributed by atoms with van der Waals surface area (Å²) in [6, 6.07) is 2.54. The Morgan fingerprint density at radius 1 is 1.13 bits per heavy atom. The average Bonchev–Trinajstić information content (AvgIpc) is 2.18. The Bertz CT molecular complexity index is 143. The molecule has 0 fully saturated rings. The van der Waals surface area contributed by atoms with Crippen LogP contribution in [0.5, 0.6) is 0 Å². The van der Waals surface area contributed by atoms with Gasteiger partial charge in [-0.05, 0) is 24.1 Å². The van der Waals surface area contributed by atoms with E-state index in [9.17, 15) is 0 Å². The van der Waals surface area contributed by atoms with Crippen LogP contribution in [0.15, 0.2) is 0 Å². The van der Waals surface area contributed by atoms with Gasteiger partial charge in [0.05, 0.1) is 0 Å². The lowest BCUT2D eigenvalue weighted by Gasteiger charge is -2.35. The van der Waals surface area contributed by atoms with Gasteiger partial charge in [0.1, 0.15) is 0 Å². The smallest absolute Gasteiger partial charge is 0.195 e. The van der Waals surface area contributed by atoms with E-state index in [1.807, 2.05) is 0 Å². The molecule has 0 saturated carbocycles. The number of hydrogen-bond acceptors (Lipinski definition) is 2. The van der Waals surface area contributed by atoms with Gasteiger partial charge in [0.15, 0.2) is 8.32 Å². The highest BCUT2D eigenvalue weighted by Crippen LogP contribution is 2.32. The summed E-state index contributed by atoms with van der Waals surface area (Å²) in [5.74, 6) is 0. The number of aliphatic hydroxyl groups excluding tert-OH is 1. The quantitative estimate of drug-likeness (QED) is 0.486. The second kappa shape index (κ2) is 8.31. The van der Waals surface area contributed by atoms with E-state index < -0.39 is 8.32 Å². The molecule has 92 valence electrons. The van der Waals surface area contributed by atoms with Crippen molar-refractivity contribution in [1.82, 2.24) is 0 Å². The maximum absolute atomic E-state index is 8.80. The third-order valence-electron chi connectivity index (χ3n) is 3.09. The van der Waals surface area contributed by atoms with Gasteiger partial charge in [0, 0.05) is 13.2 Å². The van der Waals surface area contributed by atoms with Crippen molar-refractivity contribution in [3.8, 4) is 0 Å². The van der Waals surface area contributed by atoms with E-state index in [2.05, 4.69) is 27.7 Å². The average molecular weight is 232 g/mol. The van der Waals surface area contributed by atoms with Crippen molar-refractivity contribution in [3.05, 3.63) is 0 Å². The first-order valence-corrected chi connectivity index (χ1v) is 8.77. The molecule has 0 aliphatic carbocycles. The zero-order valence-corrected chi connectivity index (χ0v) is 11.9. The molecule has 0 aliphatic rings. The zero-order chi connectivity index (χ0) is 11.7. The second-order valence-corrected chi connectivity index (χ2v) is 9.22. The first-order valence-electron chi connectivity index (χ1n) is 6.37. The fourth-order valence-electron chi connectivity index (χ4n) is 2.20. The van der Waals surface area contributed by atoms with Crippen molar-refractivity contribution in [2.75, 3.05) is 13.2 Å². The number of aliphatic hydroxyl groups is 1. The van der Waals surface area contributed by atoms with Crippen molar-refractivity contribution in [3.63, 3.8) is 0 Å². The van der Waals surface area contributed by atoms with Crippen molar-refractivity contribution in [1.29, 1.82) is 0 Å². The largest absolute Gasteiger partial charge is 0.416 e. The number of rotatable bonds is 9. The molecule has 15 heavy (non-hydrogen) atoms. The molecule has 0 rings (SSSR count). The lowest BCUT2D eigenvalue weighted by Crippen LogP contribution is -2.41. The van der Waals surface area contributed by atoms with E-state index in [-0.39, 0.29) is 6.61 Å². The molecular formula is C12H28O2Si. The molecule has 0 atom stereocenters. The van der Waals surface area contributed by atoms with E-state index >= 15 is 0 Å². The van der Waals surface area contributed by atoms with Crippen molar-refractivity contribution in [2.24, 2.45) is 0 Å². The molecule has 0 aromatic heterocycles. The standard InChI is InChI=1S/C12H28O2Si/c1-5-10-15(11-6-2,12(3)4)14-9-7-8-13/h12-13H,5-11H2,1-4H3. The van der Waals surface area contributed by atoms with E-state index in [0.29, 0.717) is 5.54 Å². The summed E-state index contributed by atoms with van der Waals surface area (Å²) in [6.45, 7) is 10.1. The predicted octanol–water partition coefficient (Wildman–Crippen LogP) is 3.56. The van der Waals surface area contributed by atoms with Gasteiger partial charge >= 0.3 is 0 Å². The van der Waals surface area contributed by atoms with E-state index in [0.717, 1.165) is 13.0 Å². The van der Waals surface area contributed by atoms with Gasteiger partial charge in [-0.25, -0.2) is 0 Å². The topological polar surface area (TPSA) is 29.5 Å². The Labute approximate surface area is 96.2 Å². The molecule has 0 radical (unpaired) electrons. The van der Waals surface area contributed by atoms with Gasteiger partial charge in [-0.15, -0.1) is 0 Å². The fraction of sp³-hybridized carbons (Fsp3) is 1.00. The van der Waals surface area contributed by atoms with Crippen LogP contribution in [-0.4, -0.2) is 26.6 Å². The summed E-state index contributed by atoms with van der Waals surface area (Å²) in [5, 5.41) is 8.80. The fourth-order valence-corrected chi connectivity index (χ4v) is 6.47. The molecule has 0 saturated heterocycles. The van der Waals surface area contributed by atoms with Gasteiger partial charge in [-0.3, -0.25) is 0 Å². The minimum atomic E-state index is -1.52. The van der Waals surface area contributed by atoms with Crippen LogP contribution in [0.1, 0.15) is 47.0 Å². The van der Waals surface area contributed by atoms with Crippen molar-refractivity contribution in [2.45, 2.75) is 64.6 Å². The van der Waals surface area contributed by atoms with E-state index in [4.69, 9.17) is 9.53 Å². The second-order valence-electron chi connectivity index (χ2n) is 4.65. The Morgan fingerprint density at radius 3 is 2.00 bits per heavy atom. The summed E-state index contributed by atoms with van der Waals surface area (Å²) < 4.78 is 6.19. The first kappa shape index (κ1) is 15.1. The maximum Gasteiger partial charge on any atom is 0.195 e. The van der Waals surface area contributed by atoms with Crippen LogP contribution in [0.25, 0.3) is 0 Å². The molecular weight excluding hydrogens is 204 g/mol. The molecule has 1 N–H and O–H groups in total. The molecule has 0 aliphatic heterocycles. The molecule has 2 nitrogen and oxygen atoms in total. The minimum Gasteiger partial charge on any atom is -0.416 e. The van der Waals surface area contributed by atoms with Crippen LogP contribution < -0.4 is 0 Å². The summed E-state index contributed by atoms with van der Waals surface area (Å²) in [7, 11) is -1.52. The third kappa shape index (κ3) is 5.14. The van der Waals surface area contributed by atoms with Crippen LogP contribution in [-0.2, 0) is 4.43 Å². The lowest BCUT2D eigenvalue weighted by atomic mass is 10.5. The van der Waals surface area contributed by atoms with E-state index in [1.54, 1.807) is 0 Å². The van der Waals surface area contributed by atoms with E-state index in [1.165, 1.54) is 24.9 Å². The highest BCUT2D eigenvalue weighted by molar-refractivity contribution is 6.75. The SMILES string of the molecule is CCC[Si](CCC)(OCCCO)C(C)C. The lowest BCUT2D eigenvalue weighted by molar-refractivity contribution is 0.222. The Hall–Kier alpha value is 0.137. The highest BCUT2D eigenvalue weighted by Gasteiger charge is 2.36. The van der Waals surface area contributed by atoms with Crippen LogP contribution in [0.2, 0.25) is 17.6 Å². The van der Waals surface area contributed by atoms with Crippen molar-refractivity contribution >= 4 is 8.32 Å². The molecule has 0 aromatic carbocycles. The number of hydrogen-bond donors (Lipinski definition) is 1. The molecule has 0 unspecified atom stereocenters. The molecule has 0 bridgehead atoms. The summed E-state index contributed by atoms with van der Waals surface area (Å²) in [6.07, 6.45) is 3.24. The van der Waals surface area contributed by atoms with Gasteiger partial charge < -0.3 is 9.53 Å². The van der Waals surface area contributed by atoms with Gasteiger partial charge in [0.2, 0.25) is 0 Å². The monoisotopic (exact) mass is 232 g/mol. The normalized spacial score (nSPS) is 12.4. The molecule has 0 aromatic rings. The Morgan fingerprint density at radius 2 is 1.67 bits per heavy atom. The summed E-state index contributed by atoms with van der Waals surface area (Å²) in [5.41, 5.74) is 0.691. The molecule has 0 heterocycles. The van der Waals surface area contributed by atoms with Crippen LogP contribution >= 0.6 is 0 Å². The third-order valence-corrected chi connectivity index (χ3v) is 8.67. The van der Waals surface area contributed by atoms with Crippen molar-refractivity contribution < 1.29 is 9.53 Å². The minimum absolute atomic E-state index is 0.251. The van der Waals surface area contributed by atoms with Crippen LogP contribution in [0.4, 0.5) is 0 Å². The van der Waals surface area contributed by atoms with Crippen LogP contribution in [0, 0.1) is 0 Å². The summed E-state index contributed by atoms with van der Waals surface area (Å²) in [4.78, 5) is 0. The zero-order valence-electron chi connectivity index (χ0n) is 10.9. The van der Waals surface area contributed by atoms with Gasteiger partial charge in [0.25, 0.3) is 0 Å². The highest BCUT2D eigenvalue weighted by atomic mass is 28.4. The maximum atomic E-state index is 8.80.